The fourth-order valence-corrected chi connectivity index (χ4v) is 17.1. The van der Waals surface area contributed by atoms with Gasteiger partial charge in [0.1, 0.15) is 131 Å². The number of thiocarbonyl (C=S) groups is 1. The minimum absolute atomic E-state index is 0.271. The van der Waals surface area contributed by atoms with E-state index in [9.17, 15) is 95.9 Å². The van der Waals surface area contributed by atoms with Crippen LogP contribution in [0.3, 0.4) is 0 Å². The molecule has 21 heterocycles. The van der Waals surface area contributed by atoms with Gasteiger partial charge in [-0.25, -0.2) is 0 Å². The lowest BCUT2D eigenvalue weighted by Crippen LogP contribution is -2.70. The second-order valence-corrected chi connectivity index (χ2v) is 34.3. The van der Waals surface area contributed by atoms with Crippen LogP contribution < -0.4 is 15.4 Å². The van der Waals surface area contributed by atoms with Crippen LogP contribution in [0.4, 0.5) is 5.69 Å². The summed E-state index contributed by atoms with van der Waals surface area (Å²) in [7, 11) is 1.40. The van der Waals surface area contributed by atoms with E-state index in [4.69, 9.17) is 178 Å². The zero-order valence-electron chi connectivity index (χ0n) is 83.8. The summed E-state index contributed by atoms with van der Waals surface area (Å²) in [5.41, 5.74) is 0.296. The molecule has 21 fully saturated rings. The minimum Gasteiger partial charge on any atom is -0.497 e. The number of rotatable bonds is 30. The van der Waals surface area contributed by atoms with Crippen LogP contribution in [0.5, 0.6) is 5.75 Å². The molecule has 21 aliphatic heterocycles. The second kappa shape index (κ2) is 54.7. The molecule has 21 saturated heterocycles. The number of methoxy groups -OCH3 is 1. The molecule has 22 rings (SSSR count). The molecule has 0 amide bonds. The highest BCUT2D eigenvalue weighted by Gasteiger charge is 2.66. The quantitative estimate of drug-likeness (QED) is 0.0487. The van der Waals surface area contributed by atoms with Crippen molar-refractivity contribution in [2.75, 3.05) is 58.6 Å². The van der Waals surface area contributed by atoms with Gasteiger partial charge in [-0.2, -0.15) is 0 Å². The van der Waals surface area contributed by atoms with Crippen LogP contribution in [0.15, 0.2) is 24.3 Å². The summed E-state index contributed by atoms with van der Waals surface area (Å²) in [5, 5.41) is 5.58. The van der Waals surface area contributed by atoms with Crippen molar-refractivity contribution >= 4 is 142 Å². The highest BCUT2D eigenvalue weighted by molar-refractivity contribution is 7.80. The van der Waals surface area contributed by atoms with Crippen molar-refractivity contribution in [3.63, 3.8) is 0 Å². The Bertz CT molecular complexity index is 4610. The van der Waals surface area contributed by atoms with E-state index >= 15 is 0 Å². The highest BCUT2D eigenvalue weighted by atomic mass is 32.1. The first-order chi connectivity index (χ1) is 69.6. The molecule has 21 aliphatic rings. The van der Waals surface area contributed by atoms with Gasteiger partial charge in [0.2, 0.25) is 0 Å². The van der Waals surface area contributed by atoms with Gasteiger partial charge in [0.15, 0.2) is 135 Å². The summed E-state index contributed by atoms with van der Waals surface area (Å²) in [6.07, 6.45) is -81.0. The van der Waals surface area contributed by atoms with E-state index in [2.05, 4.69) is 10.6 Å². The van der Waals surface area contributed by atoms with Gasteiger partial charge < -0.3 is 176 Å². The first-order valence-corrected chi connectivity index (χ1v) is 46.1. The van der Waals surface area contributed by atoms with Crippen LogP contribution in [-0.2, 0) is 257 Å². The number of nitrogens with one attached hydrogen (secondary N) is 2. The second-order valence-electron chi connectivity index (χ2n) is 33.9. The molecule has 0 aromatic heterocycles. The Morgan fingerprint density at radius 1 is 0.216 bits per heavy atom. The molecule has 148 heavy (non-hydrogen) atoms. The third-order valence-electron chi connectivity index (χ3n) is 21.9. The molecule has 0 aliphatic carbocycles. The van der Waals surface area contributed by atoms with E-state index in [1.165, 1.54) is 19.2 Å². The van der Waals surface area contributed by atoms with Gasteiger partial charge in [0.25, 0.3) is 0 Å². The molecule has 1 aromatic rings. The summed E-state index contributed by atoms with van der Waals surface area (Å²) in [6, 6.07) is 6.15. The largest absolute Gasteiger partial charge is 0.497 e. The fraction of sp³-hybridized carbons (Fsp3) is 0.700. The molecule has 0 spiro atoms. The summed E-state index contributed by atoms with van der Waals surface area (Å²) < 4.78 is 217. The normalized spacial score (nSPS) is 33.3. The molecular formula is C90H118N2O55S. The van der Waals surface area contributed by atoms with Gasteiger partial charge in [0, 0.05) is 151 Å². The summed E-state index contributed by atoms with van der Waals surface area (Å²) in [6.45, 7) is 9.25. The molecule has 35 atom stereocenters. The maximum Gasteiger partial charge on any atom is 0.303 e. The lowest BCUT2D eigenvalue weighted by molar-refractivity contribution is -0.396. The Morgan fingerprint density at radius 3 is 0.514 bits per heavy atom. The van der Waals surface area contributed by atoms with E-state index in [1.54, 1.807) is 12.1 Å². The number of carbonyl (C=O) groups excluding carboxylic acids is 20. The molecule has 0 radical (unpaired) electrons. The van der Waals surface area contributed by atoms with Gasteiger partial charge in [-0.3, -0.25) is 95.9 Å². The monoisotopic (exact) mass is 2140 g/mol. The van der Waals surface area contributed by atoms with Crippen molar-refractivity contribution in [3.8, 4) is 5.75 Å². The van der Waals surface area contributed by atoms with Gasteiger partial charge in [-0.15, -0.1) is 0 Å². The number of ether oxygens (including phenoxy) is 35. The molecule has 58 heteroatoms. The fourth-order valence-electron chi connectivity index (χ4n) is 16.9. The van der Waals surface area contributed by atoms with Crippen LogP contribution in [0.25, 0.3) is 0 Å². The zero-order chi connectivity index (χ0) is 109. The lowest BCUT2D eigenvalue weighted by atomic mass is 9.94. The molecule has 57 nitrogen and oxygen atoms in total. The van der Waals surface area contributed by atoms with Gasteiger partial charge in [0.05, 0.1) is 7.11 Å². The lowest BCUT2D eigenvalue weighted by Gasteiger charge is -2.52. The smallest absolute Gasteiger partial charge is 0.303 e. The Labute approximate surface area is 848 Å². The standard InChI is InChI=1S/C90H118N2O55S/c1-33(93)114-27-56-63-70(121-40(8)100)78(129-48(16)108)85(136-56)144-65-58(29-116-35(3)95)138-87(80(131-50(18)110)72(65)123-42(10)102)146-67-60(31-118-37(5)97)140-89(82(133-52(20)112)74(67)125-44(12)104)147-68-61(32-119-38(6)98)139-88(81(132-51(19)111)75(68)126-45(13)105)145-66-59(30-117-36(4)96)137-86(79(130-49(17)109)73(66)124-43(11)103)143-64-57(28-115-34(2)94)135-84(77(128-47(15)107)71(64)122-41(9)101)141-62-55(26-91-90(148)92-53-22-24-54(113-21)25-23-53)134-83(142-63)76(127-46(14)106)69(62)120-39(7)99/h22-25,55-89H,26-32H2,1-21H3,(H2,91,92,148). The van der Waals surface area contributed by atoms with Crippen molar-refractivity contribution in [2.24, 2.45) is 0 Å². The van der Waals surface area contributed by atoms with E-state index in [1.807, 2.05) is 0 Å². The number of esters is 20. The maximum absolute atomic E-state index is 14.2. The predicted molar refractivity (Wildman–Crippen MR) is 470 cm³/mol. The highest BCUT2D eigenvalue weighted by Crippen LogP contribution is 2.45. The van der Waals surface area contributed by atoms with Crippen molar-refractivity contribution in [3.05, 3.63) is 24.3 Å². The van der Waals surface area contributed by atoms with Crippen molar-refractivity contribution in [2.45, 2.75) is 353 Å². The SMILES string of the molecule is COc1ccc(NC(=S)NCC2OC3OC4C(COC(C)=O)OC(OC5C(COC(C)=O)OC(OC6C(COC(C)=O)OC(OC7C(COC(C)=O)OC(OC8C(COC(C)=O)OC(OC9C(COC(C)=O)OC(OC2C(OC(C)=O)C3OC(C)=O)C(OC(C)=O)C9OC(C)=O)C(OC(C)=O)C8OC(C)=O)C(OC(C)=O)C7OC(C)=O)C(OC(C)=O)C6OC(C)=O)C(OC(C)=O)C5OC(C)=O)C(OC(C)=O)C4OC(C)=O)cc1. The summed E-state index contributed by atoms with van der Waals surface area (Å²) >= 11 is 5.83. The number of carbonyl (C=O) groups is 20. The average molecular weight is 2140 g/mol. The van der Waals surface area contributed by atoms with Crippen LogP contribution in [0.2, 0.25) is 0 Å². The zero-order valence-corrected chi connectivity index (χ0v) is 84.6. The third-order valence-corrected chi connectivity index (χ3v) is 22.2. The minimum atomic E-state index is -2.47. The predicted octanol–water partition coefficient (Wildman–Crippen LogP) is -1.81. The maximum atomic E-state index is 14.2. The Kier molecular flexibility index (Phi) is 44.0. The van der Waals surface area contributed by atoms with Crippen LogP contribution in [-0.4, -0.2) is 393 Å². The molecule has 0 saturated carbocycles. The van der Waals surface area contributed by atoms with Gasteiger partial charge >= 0.3 is 119 Å². The van der Waals surface area contributed by atoms with Gasteiger partial charge in [-0.05, 0) is 36.5 Å². The summed E-state index contributed by atoms with van der Waals surface area (Å²) in [4.78, 5) is 277. The van der Waals surface area contributed by atoms with E-state index in [0.717, 1.165) is 138 Å². The number of hydrogen-bond donors (Lipinski definition) is 2. The molecule has 2 N–H and O–H groups in total. The first kappa shape index (κ1) is 119. The topological polar surface area (TPSA) is 689 Å². The molecule has 1 aromatic carbocycles. The summed E-state index contributed by atoms with van der Waals surface area (Å²) in [5.74, 6) is -24.5. The Hall–Kier alpha value is -12.4. The van der Waals surface area contributed by atoms with E-state index in [0.29, 0.717) is 11.4 Å². The molecule has 35 unspecified atom stereocenters. The Balaban J connectivity index is 1.40. The van der Waals surface area contributed by atoms with Crippen LogP contribution in [0, 0.1) is 0 Å². The number of anilines is 1. The van der Waals surface area contributed by atoms with Gasteiger partial charge in [-0.1, -0.05) is 0 Å². The molecule has 14 bridgehead atoms. The van der Waals surface area contributed by atoms with Crippen molar-refractivity contribution in [1.29, 1.82) is 0 Å². The molecule has 824 valence electrons. The van der Waals surface area contributed by atoms with E-state index in [-0.39, 0.29) is 5.11 Å². The third kappa shape index (κ3) is 34.0. The van der Waals surface area contributed by atoms with Crippen LogP contribution >= 0.6 is 12.2 Å². The van der Waals surface area contributed by atoms with E-state index < -0.39 is 381 Å². The Morgan fingerprint density at radius 2 is 0.365 bits per heavy atom. The molecular weight excluding hydrogens is 2020 g/mol. The van der Waals surface area contributed by atoms with Crippen molar-refractivity contribution in [1.82, 2.24) is 5.32 Å². The number of hydrogen-bond acceptors (Lipinski definition) is 56. The average Bonchev–Trinajstić information content (AvgIpc) is 0.772. The van der Waals surface area contributed by atoms with Crippen molar-refractivity contribution < 1.29 is 262 Å². The number of benzene rings is 1. The first-order valence-electron chi connectivity index (χ1n) is 45.7. The van der Waals surface area contributed by atoms with Crippen LogP contribution in [0.1, 0.15) is 138 Å².